The van der Waals surface area contributed by atoms with Crippen LogP contribution < -0.4 is 11.4 Å². The van der Waals surface area contributed by atoms with Crippen molar-refractivity contribution in [1.82, 2.24) is 9.55 Å². The summed E-state index contributed by atoms with van der Waals surface area (Å²) >= 11 is 0. The number of hydrogen-bond donors (Lipinski definition) is 6. The quantitative estimate of drug-likeness (QED) is 0.0117. The Morgan fingerprint density at radius 2 is 1.25 bits per heavy atom. The number of ether oxygens (including phenoxy) is 3. The van der Waals surface area contributed by atoms with E-state index in [9.17, 15) is 48.6 Å². The maximum Gasteiger partial charge on any atom is 0.481 e. The van der Waals surface area contributed by atoms with Crippen LogP contribution in [0.4, 0.5) is 5.82 Å². The zero-order valence-electron chi connectivity index (χ0n) is 43.4. The van der Waals surface area contributed by atoms with Crippen LogP contribution in [0.5, 0.6) is 0 Å². The van der Waals surface area contributed by atoms with Crippen LogP contribution in [0.3, 0.4) is 0 Å². The number of phosphoric acid groups is 2. The third-order valence-corrected chi connectivity index (χ3v) is 13.2. The van der Waals surface area contributed by atoms with E-state index < -0.39 is 89.8 Å². The maximum absolute atomic E-state index is 12.9. The van der Waals surface area contributed by atoms with Gasteiger partial charge in [0.1, 0.15) is 30.7 Å². The van der Waals surface area contributed by atoms with Gasteiger partial charge in [-0.25, -0.2) is 13.9 Å². The van der Waals surface area contributed by atoms with Crippen molar-refractivity contribution in [3.8, 4) is 0 Å². The predicted molar refractivity (Wildman–Crippen MR) is 290 cm³/mol. The van der Waals surface area contributed by atoms with Crippen molar-refractivity contribution in [3.63, 3.8) is 0 Å². The first kappa shape index (κ1) is 66.2. The molecule has 8 atom stereocenters. The third kappa shape index (κ3) is 33.0. The van der Waals surface area contributed by atoms with Gasteiger partial charge in [-0.05, 0) is 96.0 Å². The zero-order chi connectivity index (χ0) is 55.0. The molecule has 3 unspecified atom stereocenters. The molecule has 0 aliphatic carbocycles. The van der Waals surface area contributed by atoms with Crippen LogP contribution in [0.1, 0.15) is 129 Å². The molecule has 75 heavy (non-hydrogen) atoms. The molecule has 0 aromatic carbocycles. The fraction of sp³-hybridized carbons (Fsp3) is 0.519. The lowest BCUT2D eigenvalue weighted by molar-refractivity contribution is -0.161. The molecule has 21 heteroatoms. The third-order valence-electron chi connectivity index (χ3n) is 10.6. The lowest BCUT2D eigenvalue weighted by Gasteiger charge is -2.21. The number of carbonyl (C=O) groups is 2. The number of nitrogen functional groups attached to an aromatic ring is 1. The number of unbranched alkanes of at least 4 members (excludes halogenated alkanes) is 4. The van der Waals surface area contributed by atoms with Crippen molar-refractivity contribution < 1.29 is 71.4 Å². The van der Waals surface area contributed by atoms with Gasteiger partial charge in [0.05, 0.1) is 19.3 Å². The Morgan fingerprint density at radius 3 is 1.87 bits per heavy atom. The minimum atomic E-state index is -5.46. The minimum absolute atomic E-state index is 0.0151. The molecule has 1 aromatic heterocycles. The number of esters is 2. The van der Waals surface area contributed by atoms with E-state index in [2.05, 4.69) is 77.0 Å². The van der Waals surface area contributed by atoms with E-state index in [-0.39, 0.29) is 18.7 Å². The maximum atomic E-state index is 12.9. The van der Waals surface area contributed by atoms with Gasteiger partial charge in [-0.1, -0.05) is 142 Å². The summed E-state index contributed by atoms with van der Waals surface area (Å²) in [5, 5.41) is 30.7. The molecule has 7 N–H and O–H groups in total. The highest BCUT2D eigenvalue weighted by molar-refractivity contribution is 7.61. The van der Waals surface area contributed by atoms with Gasteiger partial charge in [-0.3, -0.25) is 23.2 Å². The standard InChI is InChI=1S/C54H81N3O16P2/c1-3-5-7-8-9-10-11-12-13-14-15-16-17-18-23-26-29-32-35-39-50(60)71-46(42-68-49(59)38-34-31-28-25-22-20-19-21-24-27-30-33-37-45(58)36-6-4-2)43-69-74(64,65)73-75(66,67)70-44-47-51(61)52(62)53(72-47)57-41-40-48(55)56-54(57)63/h5-7,9-10,12-13,15-16,18-20,23-25,27-28,30,33,36,40-41,45-47,51-53,58,61-62H,3-4,8,11,14,17,21-22,26,29,31-32,34-35,37-39,42-44H2,1-2H3,(H,64,65)(H,66,67)(H2,55,56,63)/b7-5-,10-9-,13-12-,16-15-,20-19-,23-18-,27-24-,28-25-,33-30+,36-6-/t45?,46-,47-,51-,52-,53-/m1/s1. The molecule has 1 aliphatic heterocycles. The molecule has 2 heterocycles. The first-order valence-electron chi connectivity index (χ1n) is 25.7. The molecule has 19 nitrogen and oxygen atoms in total. The fourth-order valence-electron chi connectivity index (χ4n) is 6.69. The van der Waals surface area contributed by atoms with Crippen LogP contribution in [0.25, 0.3) is 0 Å². The average molecular weight is 1090 g/mol. The van der Waals surface area contributed by atoms with Crippen molar-refractivity contribution in [2.75, 3.05) is 25.6 Å². The summed E-state index contributed by atoms with van der Waals surface area (Å²) in [6, 6.07) is 1.24. The van der Waals surface area contributed by atoms with Crippen molar-refractivity contribution >= 4 is 33.4 Å². The van der Waals surface area contributed by atoms with Crippen molar-refractivity contribution in [3.05, 3.63) is 144 Å². The van der Waals surface area contributed by atoms with Crippen LogP contribution in [0.2, 0.25) is 0 Å². The molecular weight excluding hydrogens is 1010 g/mol. The molecule has 1 aromatic rings. The molecule has 0 saturated carbocycles. The molecule has 2 rings (SSSR count). The number of phosphoric ester groups is 2. The van der Waals surface area contributed by atoms with Crippen molar-refractivity contribution in [1.29, 1.82) is 0 Å². The van der Waals surface area contributed by atoms with E-state index in [1.54, 1.807) is 6.08 Å². The van der Waals surface area contributed by atoms with Crippen molar-refractivity contribution in [2.24, 2.45) is 0 Å². The number of hydrogen-bond acceptors (Lipinski definition) is 16. The van der Waals surface area contributed by atoms with Gasteiger partial charge in [-0.2, -0.15) is 9.29 Å². The Balaban J connectivity index is 1.85. The Kier molecular flexibility index (Phi) is 35.7. The minimum Gasteiger partial charge on any atom is -0.462 e. The molecule has 0 spiro atoms. The zero-order valence-corrected chi connectivity index (χ0v) is 45.2. The molecule has 418 valence electrons. The van der Waals surface area contributed by atoms with Crippen LogP contribution in [0.15, 0.2) is 139 Å². The first-order chi connectivity index (χ1) is 36.1. The molecular formula is C54H81N3O16P2. The van der Waals surface area contributed by atoms with Crippen LogP contribution >= 0.6 is 15.6 Å². The second-order valence-corrected chi connectivity index (χ2v) is 20.1. The number of allylic oxidation sites excluding steroid dienone is 18. The van der Waals surface area contributed by atoms with E-state index in [0.29, 0.717) is 38.5 Å². The topological polar surface area (TPSA) is 286 Å². The van der Waals surface area contributed by atoms with Gasteiger partial charge in [-0.15, -0.1) is 0 Å². The van der Waals surface area contributed by atoms with Crippen LogP contribution in [-0.4, -0.2) is 96.9 Å². The monoisotopic (exact) mass is 1090 g/mol. The molecule has 1 fully saturated rings. The Labute approximate surface area is 442 Å². The van der Waals surface area contributed by atoms with E-state index in [1.165, 1.54) is 6.07 Å². The number of nitrogens with two attached hydrogens (primary N) is 1. The van der Waals surface area contributed by atoms with Gasteiger partial charge in [0.25, 0.3) is 0 Å². The average Bonchev–Trinajstić information content (AvgIpc) is 3.65. The molecule has 0 bridgehead atoms. The first-order valence-corrected chi connectivity index (χ1v) is 28.6. The second-order valence-electron chi connectivity index (χ2n) is 17.1. The Hall–Kier alpha value is -4.88. The molecule has 0 amide bonds. The number of aliphatic hydroxyl groups excluding tert-OH is 3. The van der Waals surface area contributed by atoms with Gasteiger partial charge in [0.15, 0.2) is 12.3 Å². The summed E-state index contributed by atoms with van der Waals surface area (Å²) in [5.74, 6) is -1.45. The van der Waals surface area contributed by atoms with Gasteiger partial charge in [0.2, 0.25) is 0 Å². The highest BCUT2D eigenvalue weighted by Gasteiger charge is 2.46. The van der Waals surface area contributed by atoms with E-state index in [0.717, 1.165) is 68.6 Å². The van der Waals surface area contributed by atoms with E-state index >= 15 is 0 Å². The normalized spacial score (nSPS) is 20.2. The predicted octanol–water partition coefficient (Wildman–Crippen LogP) is 9.74. The van der Waals surface area contributed by atoms with Gasteiger partial charge in [0, 0.05) is 19.0 Å². The van der Waals surface area contributed by atoms with Crippen LogP contribution in [0, 0.1) is 0 Å². The second kappa shape index (κ2) is 40.4. The van der Waals surface area contributed by atoms with Gasteiger partial charge < -0.3 is 45.1 Å². The summed E-state index contributed by atoms with van der Waals surface area (Å²) in [6.45, 7) is 1.69. The molecule has 1 saturated heterocycles. The largest absolute Gasteiger partial charge is 0.481 e. The number of nitrogens with zero attached hydrogens (tertiary/aromatic N) is 2. The lowest BCUT2D eigenvalue weighted by atomic mass is 10.1. The Bertz CT molecular complexity index is 2250. The molecule has 0 radical (unpaired) electrons. The highest BCUT2D eigenvalue weighted by atomic mass is 31.3. The summed E-state index contributed by atoms with van der Waals surface area (Å²) in [6.07, 6.45) is 44.8. The number of aliphatic hydroxyl groups is 3. The van der Waals surface area contributed by atoms with Crippen LogP contribution in [-0.2, 0) is 46.3 Å². The number of rotatable bonds is 40. The number of aromatic nitrogens is 2. The lowest BCUT2D eigenvalue weighted by Crippen LogP contribution is -2.36. The SMILES string of the molecule is CC/C=C\C/C=C\C/C=C\C/C=C\C/C=C\CCCCCC(=O)O[C@H](COC(=O)CCC/C=C\C/C=C\C/C=C\C=C\CC(O)/C=C\CC)COP(=O)(O)OP(=O)(O)OC[C@H]1O[C@@H](n2ccc(N)nc2=O)[C@H](O)[C@@H]1O. The number of anilines is 1. The fourth-order valence-corrected chi connectivity index (χ4v) is 8.80. The highest BCUT2D eigenvalue weighted by Crippen LogP contribution is 2.60. The summed E-state index contributed by atoms with van der Waals surface area (Å²) in [7, 11) is -10.9. The van der Waals surface area contributed by atoms with E-state index in [1.807, 2.05) is 61.6 Å². The molecule has 1 aliphatic rings. The summed E-state index contributed by atoms with van der Waals surface area (Å²) in [4.78, 5) is 61.9. The van der Waals surface area contributed by atoms with Crippen molar-refractivity contribution in [2.45, 2.75) is 160 Å². The summed E-state index contributed by atoms with van der Waals surface area (Å²) < 4.78 is 56.7. The van der Waals surface area contributed by atoms with Gasteiger partial charge >= 0.3 is 33.3 Å². The smallest absolute Gasteiger partial charge is 0.462 e. The Morgan fingerprint density at radius 1 is 0.707 bits per heavy atom. The number of carbonyl (C=O) groups excluding carboxylic acids is 2. The summed E-state index contributed by atoms with van der Waals surface area (Å²) in [5.41, 5.74) is 4.57. The van der Waals surface area contributed by atoms with E-state index in [4.69, 9.17) is 29.0 Å².